The highest BCUT2D eigenvalue weighted by Gasteiger charge is 2.26. The van der Waals surface area contributed by atoms with Gasteiger partial charge in [-0.05, 0) is 12.8 Å². The maximum Gasteiger partial charge on any atom is 0.274 e. The van der Waals surface area contributed by atoms with E-state index in [1.54, 1.807) is 4.90 Å². The highest BCUT2D eigenvalue weighted by molar-refractivity contribution is 5.97. The molecular formula is C12H19N5O2. The van der Waals surface area contributed by atoms with Crippen LogP contribution >= 0.6 is 0 Å². The Kier molecular flexibility index (Phi) is 4.03. The zero-order valence-corrected chi connectivity index (χ0v) is 11.0. The first kappa shape index (κ1) is 13.4. The Labute approximate surface area is 111 Å². The maximum atomic E-state index is 12.2. The Morgan fingerprint density at radius 2 is 2.21 bits per heavy atom. The molecule has 0 aliphatic carbocycles. The van der Waals surface area contributed by atoms with Gasteiger partial charge in [0.1, 0.15) is 5.69 Å². The number of likely N-dealkylation sites (tertiary alicyclic amines) is 1. The number of piperidine rings is 1. The lowest BCUT2D eigenvalue weighted by atomic mass is 10.0. The van der Waals surface area contributed by atoms with Crippen LogP contribution in [0.5, 0.6) is 0 Å². The first-order valence-electron chi connectivity index (χ1n) is 6.49. The molecule has 1 aliphatic heterocycles. The van der Waals surface area contributed by atoms with Crippen molar-refractivity contribution in [3.8, 4) is 0 Å². The minimum atomic E-state index is -0.129. The lowest BCUT2D eigenvalue weighted by molar-refractivity contribution is -0.121. The number of rotatable bonds is 3. The summed E-state index contributed by atoms with van der Waals surface area (Å²) in [6.07, 6.45) is 3.46. The molecule has 19 heavy (non-hydrogen) atoms. The molecule has 7 nitrogen and oxygen atoms in total. The fourth-order valence-corrected chi connectivity index (χ4v) is 2.18. The quantitative estimate of drug-likeness (QED) is 0.722. The molecule has 7 heteroatoms. The molecule has 4 N–H and O–H groups in total. The van der Waals surface area contributed by atoms with Crippen LogP contribution in [-0.4, -0.2) is 46.0 Å². The molecule has 0 atom stereocenters. The van der Waals surface area contributed by atoms with E-state index in [1.165, 1.54) is 6.20 Å². The van der Waals surface area contributed by atoms with E-state index in [9.17, 15) is 9.59 Å². The molecule has 0 aromatic carbocycles. The minimum Gasteiger partial charge on any atom is -0.396 e. The summed E-state index contributed by atoms with van der Waals surface area (Å²) in [7, 11) is 0. The van der Waals surface area contributed by atoms with Crippen LogP contribution in [0.2, 0.25) is 0 Å². The van der Waals surface area contributed by atoms with Crippen LogP contribution in [0.4, 0.5) is 5.69 Å². The van der Waals surface area contributed by atoms with E-state index in [0.717, 1.165) is 12.8 Å². The van der Waals surface area contributed by atoms with E-state index in [-0.39, 0.29) is 17.9 Å². The summed E-state index contributed by atoms with van der Waals surface area (Å²) >= 11 is 0. The predicted octanol–water partition coefficient (Wildman–Crippen LogP) is 0.123. The first-order chi connectivity index (χ1) is 9.11. The number of nitrogens with two attached hydrogens (primary N) is 1. The number of nitrogens with zero attached hydrogens (tertiary/aromatic N) is 2. The van der Waals surface area contributed by atoms with Crippen molar-refractivity contribution >= 4 is 17.5 Å². The lowest BCUT2D eigenvalue weighted by Crippen LogP contribution is -2.46. The van der Waals surface area contributed by atoms with Gasteiger partial charge < -0.3 is 16.0 Å². The van der Waals surface area contributed by atoms with Crippen LogP contribution < -0.4 is 11.1 Å². The van der Waals surface area contributed by atoms with Gasteiger partial charge in [0.15, 0.2) is 0 Å². The molecule has 1 fully saturated rings. The number of aromatic amines is 1. The molecule has 0 bridgehead atoms. The van der Waals surface area contributed by atoms with E-state index in [0.29, 0.717) is 30.9 Å². The summed E-state index contributed by atoms with van der Waals surface area (Å²) in [5.74, 6) is -0.0714. The molecule has 2 rings (SSSR count). The van der Waals surface area contributed by atoms with Crippen molar-refractivity contribution < 1.29 is 9.59 Å². The second-order valence-corrected chi connectivity index (χ2v) is 4.69. The Balaban J connectivity index is 1.88. The van der Waals surface area contributed by atoms with Crippen molar-refractivity contribution in [1.29, 1.82) is 0 Å². The number of carbonyl (C=O) groups excluding carboxylic acids is 2. The third-order valence-corrected chi connectivity index (χ3v) is 3.35. The van der Waals surface area contributed by atoms with E-state index >= 15 is 0 Å². The molecule has 0 unspecified atom stereocenters. The van der Waals surface area contributed by atoms with Crippen LogP contribution in [0.15, 0.2) is 6.20 Å². The van der Waals surface area contributed by atoms with E-state index in [2.05, 4.69) is 15.5 Å². The summed E-state index contributed by atoms with van der Waals surface area (Å²) in [5.41, 5.74) is 6.37. The smallest absolute Gasteiger partial charge is 0.274 e. The largest absolute Gasteiger partial charge is 0.396 e. The summed E-state index contributed by atoms with van der Waals surface area (Å²) in [6.45, 7) is 3.06. The van der Waals surface area contributed by atoms with Gasteiger partial charge in [0, 0.05) is 25.6 Å². The van der Waals surface area contributed by atoms with Crippen molar-refractivity contribution in [2.24, 2.45) is 0 Å². The number of hydrogen-bond donors (Lipinski definition) is 3. The number of H-pyrrole nitrogens is 1. The molecule has 2 heterocycles. The molecule has 0 radical (unpaired) electrons. The predicted molar refractivity (Wildman–Crippen MR) is 70.4 cm³/mol. The minimum absolute atomic E-state index is 0.0580. The second-order valence-electron chi connectivity index (χ2n) is 4.69. The van der Waals surface area contributed by atoms with Gasteiger partial charge in [-0.3, -0.25) is 14.7 Å². The van der Waals surface area contributed by atoms with Crippen molar-refractivity contribution in [3.05, 3.63) is 11.9 Å². The molecule has 1 aromatic heterocycles. The van der Waals surface area contributed by atoms with Crippen LogP contribution in [0.25, 0.3) is 0 Å². The molecule has 0 saturated carbocycles. The molecule has 1 aromatic rings. The van der Waals surface area contributed by atoms with E-state index in [4.69, 9.17) is 5.73 Å². The first-order valence-corrected chi connectivity index (χ1v) is 6.49. The maximum absolute atomic E-state index is 12.2. The Hall–Kier alpha value is -2.05. The van der Waals surface area contributed by atoms with Gasteiger partial charge in [0.2, 0.25) is 5.91 Å². The molecule has 104 valence electrons. The van der Waals surface area contributed by atoms with Crippen LogP contribution in [0, 0.1) is 0 Å². The van der Waals surface area contributed by atoms with Crippen molar-refractivity contribution in [3.63, 3.8) is 0 Å². The standard InChI is InChI=1S/C12H19N5O2/c1-2-10(18)15-8-3-5-17(6-4-8)12(19)11-9(13)7-14-16-11/h7-8H,2-6,13H2,1H3,(H,14,16)(H,15,18). The van der Waals surface area contributed by atoms with E-state index in [1.807, 2.05) is 6.92 Å². The van der Waals surface area contributed by atoms with Crippen LogP contribution in [-0.2, 0) is 4.79 Å². The lowest BCUT2D eigenvalue weighted by Gasteiger charge is -2.32. The van der Waals surface area contributed by atoms with Crippen molar-refractivity contribution in [1.82, 2.24) is 20.4 Å². The average Bonchev–Trinajstić information content (AvgIpc) is 2.85. The highest BCUT2D eigenvalue weighted by atomic mass is 16.2. The summed E-state index contributed by atoms with van der Waals surface area (Å²) in [5, 5.41) is 9.32. The summed E-state index contributed by atoms with van der Waals surface area (Å²) < 4.78 is 0. The Morgan fingerprint density at radius 3 is 2.74 bits per heavy atom. The van der Waals surface area contributed by atoms with Gasteiger partial charge in [-0.15, -0.1) is 0 Å². The third kappa shape index (κ3) is 3.04. The van der Waals surface area contributed by atoms with E-state index < -0.39 is 0 Å². The molecule has 1 saturated heterocycles. The highest BCUT2D eigenvalue weighted by Crippen LogP contribution is 2.16. The van der Waals surface area contributed by atoms with Gasteiger partial charge in [-0.2, -0.15) is 5.10 Å². The number of nitrogens with one attached hydrogen (secondary N) is 2. The average molecular weight is 265 g/mol. The number of amides is 2. The monoisotopic (exact) mass is 265 g/mol. The summed E-state index contributed by atoms with van der Waals surface area (Å²) in [4.78, 5) is 25.2. The molecule has 0 spiro atoms. The fraction of sp³-hybridized carbons (Fsp3) is 0.583. The van der Waals surface area contributed by atoms with Crippen molar-refractivity contribution in [2.75, 3.05) is 18.8 Å². The van der Waals surface area contributed by atoms with Crippen LogP contribution in [0.1, 0.15) is 36.7 Å². The Bertz CT molecular complexity index is 462. The zero-order chi connectivity index (χ0) is 13.8. The Morgan fingerprint density at radius 1 is 1.53 bits per heavy atom. The van der Waals surface area contributed by atoms with Gasteiger partial charge >= 0.3 is 0 Å². The fourth-order valence-electron chi connectivity index (χ4n) is 2.18. The SMILES string of the molecule is CCC(=O)NC1CCN(C(=O)c2[nH]ncc2N)CC1. The molecular weight excluding hydrogens is 246 g/mol. The zero-order valence-electron chi connectivity index (χ0n) is 11.0. The normalized spacial score (nSPS) is 16.4. The van der Waals surface area contributed by atoms with Gasteiger partial charge in [0.05, 0.1) is 11.9 Å². The number of hydrogen-bond acceptors (Lipinski definition) is 4. The third-order valence-electron chi connectivity index (χ3n) is 3.35. The number of aromatic nitrogens is 2. The van der Waals surface area contributed by atoms with Gasteiger partial charge in [-0.25, -0.2) is 0 Å². The second kappa shape index (κ2) is 5.73. The van der Waals surface area contributed by atoms with Crippen molar-refractivity contribution in [2.45, 2.75) is 32.2 Å². The summed E-state index contributed by atoms with van der Waals surface area (Å²) in [6, 6.07) is 0.163. The number of anilines is 1. The molecule has 1 aliphatic rings. The number of nitrogen functional groups attached to an aromatic ring is 1. The number of carbonyl (C=O) groups is 2. The molecule has 2 amide bonds. The van der Waals surface area contributed by atoms with Crippen LogP contribution in [0.3, 0.4) is 0 Å². The van der Waals surface area contributed by atoms with Gasteiger partial charge in [-0.1, -0.05) is 6.92 Å². The topological polar surface area (TPSA) is 104 Å². The van der Waals surface area contributed by atoms with Gasteiger partial charge in [0.25, 0.3) is 5.91 Å².